The van der Waals surface area contributed by atoms with Gasteiger partial charge in [-0.3, -0.25) is 10.1 Å². The third kappa shape index (κ3) is 2.04. The van der Waals surface area contributed by atoms with Crippen LogP contribution < -0.4 is 5.32 Å². The zero-order chi connectivity index (χ0) is 11.1. The van der Waals surface area contributed by atoms with Gasteiger partial charge >= 0.3 is 5.97 Å². The molecule has 0 unspecified atom stereocenters. The standard InChI is InChI=1S/C10H13NO2S2/c1-10(2)7(9(12)13)11-8(15-10)6-3-4-14-5-6/h3-5,7-8,11H,1-2H3,(H,12,13)/t7-,8-/m0/s1. The van der Waals surface area contributed by atoms with Gasteiger partial charge in [0.05, 0.1) is 5.37 Å². The molecule has 15 heavy (non-hydrogen) atoms. The lowest BCUT2D eigenvalue weighted by Crippen LogP contribution is -2.43. The zero-order valence-corrected chi connectivity index (χ0v) is 10.2. The first-order valence-electron chi connectivity index (χ1n) is 4.69. The first-order valence-corrected chi connectivity index (χ1v) is 6.52. The molecule has 1 fully saturated rings. The normalized spacial score (nSPS) is 29.2. The van der Waals surface area contributed by atoms with Crippen molar-refractivity contribution in [2.75, 3.05) is 0 Å². The largest absolute Gasteiger partial charge is 0.480 e. The maximum atomic E-state index is 11.1. The van der Waals surface area contributed by atoms with E-state index in [9.17, 15) is 4.79 Å². The monoisotopic (exact) mass is 243 g/mol. The van der Waals surface area contributed by atoms with Crippen molar-refractivity contribution in [3.05, 3.63) is 22.4 Å². The number of nitrogens with one attached hydrogen (secondary N) is 1. The molecule has 2 heterocycles. The lowest BCUT2D eigenvalue weighted by molar-refractivity contribution is -0.139. The van der Waals surface area contributed by atoms with Crippen molar-refractivity contribution in [1.29, 1.82) is 0 Å². The summed E-state index contributed by atoms with van der Waals surface area (Å²) in [6.45, 7) is 3.94. The molecule has 82 valence electrons. The lowest BCUT2D eigenvalue weighted by atomic mass is 10.0. The van der Waals surface area contributed by atoms with Crippen molar-refractivity contribution in [3.63, 3.8) is 0 Å². The SMILES string of the molecule is CC1(C)S[C@@H](c2ccsc2)N[C@H]1C(=O)O. The fourth-order valence-corrected chi connectivity index (χ4v) is 3.89. The molecule has 1 aliphatic heterocycles. The molecule has 2 rings (SSSR count). The average Bonchev–Trinajstić information content (AvgIpc) is 2.69. The Bertz CT molecular complexity index is 362. The second-order valence-electron chi connectivity index (χ2n) is 4.10. The van der Waals surface area contributed by atoms with E-state index >= 15 is 0 Å². The van der Waals surface area contributed by atoms with Crippen molar-refractivity contribution >= 4 is 29.1 Å². The highest BCUT2D eigenvalue weighted by Crippen LogP contribution is 2.45. The molecule has 3 nitrogen and oxygen atoms in total. The van der Waals surface area contributed by atoms with Gasteiger partial charge in [-0.15, -0.1) is 11.8 Å². The van der Waals surface area contributed by atoms with E-state index in [2.05, 4.69) is 10.7 Å². The summed E-state index contributed by atoms with van der Waals surface area (Å²) >= 11 is 3.31. The summed E-state index contributed by atoms with van der Waals surface area (Å²) < 4.78 is -0.265. The predicted molar refractivity (Wildman–Crippen MR) is 63.3 cm³/mol. The number of thioether (sulfide) groups is 1. The third-order valence-electron chi connectivity index (χ3n) is 2.53. The molecule has 0 spiro atoms. The molecule has 0 amide bonds. The van der Waals surface area contributed by atoms with Gasteiger partial charge in [-0.25, -0.2) is 0 Å². The summed E-state index contributed by atoms with van der Waals surface area (Å²) in [4.78, 5) is 11.1. The van der Waals surface area contributed by atoms with E-state index in [0.29, 0.717) is 0 Å². The number of hydrogen-bond acceptors (Lipinski definition) is 4. The summed E-state index contributed by atoms with van der Waals surface area (Å²) in [6.07, 6.45) is 0. The second kappa shape index (κ2) is 3.81. The molecule has 5 heteroatoms. The van der Waals surface area contributed by atoms with E-state index in [1.54, 1.807) is 23.1 Å². The van der Waals surface area contributed by atoms with Crippen LogP contribution in [0.4, 0.5) is 0 Å². The highest BCUT2D eigenvalue weighted by atomic mass is 32.2. The van der Waals surface area contributed by atoms with E-state index < -0.39 is 12.0 Å². The second-order valence-corrected chi connectivity index (χ2v) is 6.64. The molecule has 0 saturated carbocycles. The van der Waals surface area contributed by atoms with E-state index in [1.807, 2.05) is 25.3 Å². The fraction of sp³-hybridized carbons (Fsp3) is 0.500. The molecule has 2 N–H and O–H groups in total. The highest BCUT2D eigenvalue weighted by molar-refractivity contribution is 8.01. The Morgan fingerprint density at radius 2 is 2.33 bits per heavy atom. The van der Waals surface area contributed by atoms with Gasteiger partial charge in [0.1, 0.15) is 6.04 Å². The molecule has 1 saturated heterocycles. The average molecular weight is 243 g/mol. The highest BCUT2D eigenvalue weighted by Gasteiger charge is 2.45. The summed E-state index contributed by atoms with van der Waals surface area (Å²) in [7, 11) is 0. The van der Waals surface area contributed by atoms with Crippen LogP contribution in [0.2, 0.25) is 0 Å². The van der Waals surface area contributed by atoms with Gasteiger partial charge in [-0.05, 0) is 36.2 Å². The van der Waals surface area contributed by atoms with Crippen molar-refractivity contribution in [3.8, 4) is 0 Å². The first-order chi connectivity index (χ1) is 7.00. The van der Waals surface area contributed by atoms with Crippen LogP contribution in [-0.2, 0) is 4.79 Å². The molecule has 1 aliphatic rings. The predicted octanol–water partition coefficient (Wildman–Crippen LogP) is 2.31. The summed E-state index contributed by atoms with van der Waals surface area (Å²) in [5.74, 6) is -0.773. The summed E-state index contributed by atoms with van der Waals surface area (Å²) in [5, 5.41) is 16.4. The van der Waals surface area contributed by atoms with Crippen LogP contribution in [0, 0.1) is 0 Å². The van der Waals surface area contributed by atoms with Gasteiger partial charge in [0.15, 0.2) is 0 Å². The summed E-state index contributed by atoms with van der Waals surface area (Å²) in [5.41, 5.74) is 1.17. The van der Waals surface area contributed by atoms with E-state index in [4.69, 9.17) is 5.11 Å². The van der Waals surface area contributed by atoms with Crippen LogP contribution in [0.15, 0.2) is 16.8 Å². The van der Waals surface area contributed by atoms with E-state index in [0.717, 1.165) is 0 Å². The zero-order valence-electron chi connectivity index (χ0n) is 8.56. The molecular weight excluding hydrogens is 230 g/mol. The number of thiophene rings is 1. The van der Waals surface area contributed by atoms with Crippen LogP contribution in [0.5, 0.6) is 0 Å². The first kappa shape index (κ1) is 11.0. The Labute approximate surface area is 96.9 Å². The Kier molecular flexibility index (Phi) is 2.79. The molecule has 1 aromatic rings. The number of carboxylic acid groups (broad SMARTS) is 1. The smallest absolute Gasteiger partial charge is 0.322 e. The molecule has 0 radical (unpaired) electrons. The quantitative estimate of drug-likeness (QED) is 0.837. The minimum absolute atomic E-state index is 0.104. The van der Waals surface area contributed by atoms with Crippen LogP contribution in [0.3, 0.4) is 0 Å². The molecule has 0 bridgehead atoms. The Morgan fingerprint density at radius 1 is 1.60 bits per heavy atom. The topological polar surface area (TPSA) is 49.3 Å². The molecule has 0 aliphatic carbocycles. The van der Waals surface area contributed by atoms with Gasteiger partial charge in [-0.1, -0.05) is 0 Å². The van der Waals surface area contributed by atoms with Gasteiger partial charge in [0.2, 0.25) is 0 Å². The van der Waals surface area contributed by atoms with Crippen molar-refractivity contribution in [2.24, 2.45) is 0 Å². The maximum absolute atomic E-state index is 11.1. The minimum atomic E-state index is -0.773. The van der Waals surface area contributed by atoms with E-state index in [-0.39, 0.29) is 10.1 Å². The van der Waals surface area contributed by atoms with Crippen molar-refractivity contribution in [2.45, 2.75) is 30.0 Å². The van der Waals surface area contributed by atoms with Crippen molar-refractivity contribution < 1.29 is 9.90 Å². The Balaban J connectivity index is 2.19. The third-order valence-corrected chi connectivity index (χ3v) is 4.72. The molecule has 1 aromatic heterocycles. The Hall–Kier alpha value is -0.520. The fourth-order valence-electron chi connectivity index (χ4n) is 1.71. The van der Waals surface area contributed by atoms with Crippen LogP contribution in [-0.4, -0.2) is 21.9 Å². The number of carboxylic acids is 1. The molecule has 2 atom stereocenters. The minimum Gasteiger partial charge on any atom is -0.480 e. The van der Waals surface area contributed by atoms with Crippen molar-refractivity contribution in [1.82, 2.24) is 5.32 Å². The number of carbonyl (C=O) groups is 1. The lowest BCUT2D eigenvalue weighted by Gasteiger charge is -2.20. The van der Waals surface area contributed by atoms with Gasteiger partial charge < -0.3 is 5.11 Å². The summed E-state index contributed by atoms with van der Waals surface area (Å²) in [6, 6.07) is 1.56. The molecular formula is C10H13NO2S2. The maximum Gasteiger partial charge on any atom is 0.322 e. The number of hydrogen-bond donors (Lipinski definition) is 2. The van der Waals surface area contributed by atoms with E-state index in [1.165, 1.54) is 5.56 Å². The Morgan fingerprint density at radius 3 is 2.80 bits per heavy atom. The van der Waals surface area contributed by atoms with Crippen LogP contribution >= 0.6 is 23.1 Å². The number of rotatable bonds is 2. The van der Waals surface area contributed by atoms with Gasteiger partial charge in [-0.2, -0.15) is 11.3 Å². The van der Waals surface area contributed by atoms with Gasteiger partial charge in [0, 0.05) is 4.75 Å². The van der Waals surface area contributed by atoms with Crippen LogP contribution in [0.1, 0.15) is 24.8 Å². The number of aliphatic carboxylic acids is 1. The van der Waals surface area contributed by atoms with Gasteiger partial charge in [0.25, 0.3) is 0 Å². The van der Waals surface area contributed by atoms with Crippen LogP contribution in [0.25, 0.3) is 0 Å². The molecule has 0 aromatic carbocycles.